The predicted molar refractivity (Wildman–Crippen MR) is 115 cm³/mol. The van der Waals surface area contributed by atoms with E-state index in [0.717, 1.165) is 37.4 Å². The molecule has 172 valence electrons. The van der Waals surface area contributed by atoms with E-state index in [1.54, 1.807) is 4.90 Å². The van der Waals surface area contributed by atoms with Gasteiger partial charge in [-0.15, -0.1) is 0 Å². The molecule has 0 amide bonds. The van der Waals surface area contributed by atoms with Crippen molar-refractivity contribution in [1.29, 1.82) is 0 Å². The van der Waals surface area contributed by atoms with E-state index in [2.05, 4.69) is 9.64 Å². The molecule has 3 heterocycles. The number of anilines is 1. The molecule has 10 heteroatoms. The van der Waals surface area contributed by atoms with E-state index in [-0.39, 0.29) is 34.4 Å². The first-order valence-electron chi connectivity index (χ1n) is 10.5. The second-order valence-electron chi connectivity index (χ2n) is 8.39. The third kappa shape index (κ3) is 3.50. The molecule has 0 spiro atoms. The lowest BCUT2D eigenvalue weighted by Crippen LogP contribution is -2.52. The van der Waals surface area contributed by atoms with E-state index in [9.17, 15) is 14.0 Å². The summed E-state index contributed by atoms with van der Waals surface area (Å²) in [5, 5.41) is 8.61. The van der Waals surface area contributed by atoms with Crippen molar-refractivity contribution in [2.45, 2.75) is 25.4 Å². The highest BCUT2D eigenvalue weighted by Gasteiger charge is 2.39. The summed E-state index contributed by atoms with van der Waals surface area (Å²) >= 11 is 0. The van der Waals surface area contributed by atoms with Crippen molar-refractivity contribution in [2.24, 2.45) is 0 Å². The highest BCUT2D eigenvalue weighted by Crippen LogP contribution is 2.37. The summed E-state index contributed by atoms with van der Waals surface area (Å²) in [5.41, 5.74) is -1.20. The molecule has 0 saturated carbocycles. The number of carboxylic acid groups (broad SMARTS) is 1. The highest BCUT2D eigenvalue weighted by atomic mass is 19.1. The van der Waals surface area contributed by atoms with Crippen molar-refractivity contribution in [3.8, 4) is 11.4 Å². The molecule has 1 N–H and O–H groups in total. The lowest BCUT2D eigenvalue weighted by Gasteiger charge is -2.40. The Morgan fingerprint density at radius 1 is 1.15 bits per heavy atom. The fourth-order valence-corrected chi connectivity index (χ4v) is 4.86. The van der Waals surface area contributed by atoms with Crippen LogP contribution < -0.4 is 15.1 Å². The Morgan fingerprint density at radius 3 is 2.58 bits per heavy atom. The first-order chi connectivity index (χ1) is 15.7. The average molecular weight is 459 g/mol. The van der Waals surface area contributed by atoms with Gasteiger partial charge in [0.2, 0.25) is 5.43 Å². The Hall–Kier alpha value is -3.53. The summed E-state index contributed by atoms with van der Waals surface area (Å²) in [6.07, 6.45) is 0.0346. The van der Waals surface area contributed by atoms with E-state index in [4.69, 9.17) is 5.11 Å². The Kier molecular flexibility index (Phi) is 5.04. The Balaban J connectivity index is 1.79. The van der Waals surface area contributed by atoms with Gasteiger partial charge >= 0.3 is 6.16 Å². The van der Waals surface area contributed by atoms with Crippen molar-refractivity contribution in [3.63, 3.8) is 0 Å². The molecule has 1 aromatic heterocycles. The monoisotopic (exact) mass is 459 g/mol. The summed E-state index contributed by atoms with van der Waals surface area (Å²) in [5.74, 6) is -3.01. The quantitative estimate of drug-likeness (QED) is 0.602. The van der Waals surface area contributed by atoms with Crippen LogP contribution in [-0.4, -0.2) is 52.4 Å². The molecule has 3 aromatic rings. The molecule has 3 unspecified atom stereocenters. The van der Waals surface area contributed by atoms with Crippen LogP contribution in [0.4, 0.5) is 23.7 Å². The molecule has 5 rings (SSSR count). The van der Waals surface area contributed by atoms with Gasteiger partial charge in [0.1, 0.15) is 17.3 Å². The number of hydrogen-bond donors (Lipinski definition) is 1. The maximum atomic E-state index is 16.1. The summed E-state index contributed by atoms with van der Waals surface area (Å²) in [6, 6.07) is 5.90. The van der Waals surface area contributed by atoms with E-state index in [0.29, 0.717) is 13.1 Å². The molecule has 7 nitrogen and oxygen atoms in total. The highest BCUT2D eigenvalue weighted by molar-refractivity contribution is 5.87. The summed E-state index contributed by atoms with van der Waals surface area (Å²) < 4.78 is 50.7. The molecular weight excluding hydrogens is 439 g/mol. The topological polar surface area (TPSA) is 75.0 Å². The largest absolute Gasteiger partial charge is 0.511 e. The first kappa shape index (κ1) is 21.3. The third-order valence-electron chi connectivity index (χ3n) is 6.43. The van der Waals surface area contributed by atoms with Gasteiger partial charge in [0.25, 0.3) is 0 Å². The third-order valence-corrected chi connectivity index (χ3v) is 6.43. The molecule has 2 fully saturated rings. The molecule has 0 aliphatic carbocycles. The maximum Gasteiger partial charge on any atom is 0.511 e. The molecular formula is C23H20F3N3O4. The zero-order valence-corrected chi connectivity index (χ0v) is 17.6. The van der Waals surface area contributed by atoms with Gasteiger partial charge in [-0.2, -0.15) is 0 Å². The van der Waals surface area contributed by atoms with E-state index in [1.165, 1.54) is 16.7 Å². The first-order valence-corrected chi connectivity index (χ1v) is 10.5. The lowest BCUT2D eigenvalue weighted by molar-refractivity contribution is 0.144. The number of hydrogen-bond acceptors (Lipinski definition) is 5. The average Bonchev–Trinajstić information content (AvgIpc) is 3.20. The number of benzene rings is 2. The number of aromatic nitrogens is 1. The Bertz CT molecular complexity index is 1330. The lowest BCUT2D eigenvalue weighted by atomic mass is 10.1. The predicted octanol–water partition coefficient (Wildman–Crippen LogP) is 3.75. The number of nitrogens with zero attached hydrogens (tertiary/aromatic N) is 3. The standard InChI is InChI=1S/C23H20F3N3O4/c1-12-9-28(15-6-7-27(12)10-15)21-17(25)8-16-20(19(21)26)29(14-4-2-13(24)3-5-14)11-18(22(16)30)33-23(31)32/h2-5,8,11-12,15H,6-7,9-10H2,1H3,(H,31,32). The number of fused-ring (bicyclic) bond motifs is 3. The van der Waals surface area contributed by atoms with Gasteiger partial charge in [-0.25, -0.2) is 18.0 Å². The molecule has 2 bridgehead atoms. The fraction of sp³-hybridized carbons (Fsp3) is 0.304. The minimum Gasteiger partial charge on any atom is -0.449 e. The summed E-state index contributed by atoms with van der Waals surface area (Å²) in [7, 11) is 0. The van der Waals surface area contributed by atoms with Crippen LogP contribution in [0, 0.1) is 17.5 Å². The maximum absolute atomic E-state index is 16.1. The van der Waals surface area contributed by atoms with Crippen molar-refractivity contribution >= 4 is 22.7 Å². The molecule has 2 saturated heterocycles. The smallest absolute Gasteiger partial charge is 0.449 e. The van der Waals surface area contributed by atoms with Gasteiger partial charge in [-0.3, -0.25) is 9.69 Å². The van der Waals surface area contributed by atoms with Crippen molar-refractivity contribution in [1.82, 2.24) is 9.47 Å². The van der Waals surface area contributed by atoms with Crippen LogP contribution in [0.1, 0.15) is 13.3 Å². The van der Waals surface area contributed by atoms with Crippen LogP contribution in [-0.2, 0) is 0 Å². The minimum atomic E-state index is -1.75. The number of piperazine rings is 1. The van der Waals surface area contributed by atoms with E-state index in [1.807, 2.05) is 6.92 Å². The van der Waals surface area contributed by atoms with Gasteiger partial charge in [-0.05, 0) is 43.7 Å². The van der Waals surface area contributed by atoms with Crippen LogP contribution in [0.25, 0.3) is 16.6 Å². The minimum absolute atomic E-state index is 0.0664. The summed E-state index contributed by atoms with van der Waals surface area (Å²) in [6.45, 7) is 3.95. The van der Waals surface area contributed by atoms with Crippen LogP contribution >= 0.6 is 0 Å². The van der Waals surface area contributed by atoms with Gasteiger partial charge in [0.05, 0.1) is 17.1 Å². The number of rotatable bonds is 3. The van der Waals surface area contributed by atoms with Crippen molar-refractivity contribution < 1.29 is 27.8 Å². The van der Waals surface area contributed by atoms with Gasteiger partial charge in [0, 0.05) is 37.4 Å². The molecule has 2 aliphatic rings. The number of ether oxygens (including phenoxy) is 1. The van der Waals surface area contributed by atoms with Crippen LogP contribution in [0.15, 0.2) is 41.3 Å². The fourth-order valence-electron chi connectivity index (χ4n) is 4.86. The molecule has 3 atom stereocenters. The molecule has 2 aliphatic heterocycles. The van der Waals surface area contributed by atoms with E-state index < -0.39 is 34.8 Å². The number of halogens is 3. The van der Waals surface area contributed by atoms with Crippen LogP contribution in [0.3, 0.4) is 0 Å². The van der Waals surface area contributed by atoms with Crippen LogP contribution in [0.2, 0.25) is 0 Å². The Morgan fingerprint density at radius 2 is 1.88 bits per heavy atom. The van der Waals surface area contributed by atoms with Gasteiger partial charge in [0.15, 0.2) is 11.6 Å². The Labute approximate surface area is 186 Å². The van der Waals surface area contributed by atoms with Crippen LogP contribution in [0.5, 0.6) is 5.75 Å². The van der Waals surface area contributed by atoms with Crippen molar-refractivity contribution in [2.75, 3.05) is 24.5 Å². The number of carbonyl (C=O) groups is 1. The number of pyridine rings is 1. The second-order valence-corrected chi connectivity index (χ2v) is 8.39. The van der Waals surface area contributed by atoms with E-state index >= 15 is 8.78 Å². The molecule has 33 heavy (non-hydrogen) atoms. The zero-order valence-electron chi connectivity index (χ0n) is 17.6. The normalized spacial score (nSPS) is 22.1. The SMILES string of the molecule is CC1CN(c2c(F)cc3c(=O)c(OC(=O)O)cn(-c4ccc(F)cc4)c3c2F)C2CCN1C2. The van der Waals surface area contributed by atoms with Gasteiger partial charge < -0.3 is 19.3 Å². The zero-order chi connectivity index (χ0) is 23.4. The van der Waals surface area contributed by atoms with Gasteiger partial charge in [-0.1, -0.05) is 0 Å². The van der Waals surface area contributed by atoms with Crippen molar-refractivity contribution in [3.05, 3.63) is 64.2 Å². The molecule has 2 aromatic carbocycles. The summed E-state index contributed by atoms with van der Waals surface area (Å²) in [4.78, 5) is 27.9. The second kappa shape index (κ2) is 7.80. The molecule has 0 radical (unpaired) electrons.